The van der Waals surface area contributed by atoms with Crippen molar-refractivity contribution >= 4 is 11.9 Å². The quantitative estimate of drug-likeness (QED) is 0.242. The van der Waals surface area contributed by atoms with E-state index in [4.69, 9.17) is 10.2 Å². The molecule has 16 heavy (non-hydrogen) atoms. The van der Waals surface area contributed by atoms with Crippen molar-refractivity contribution in [2.24, 2.45) is 0 Å². The van der Waals surface area contributed by atoms with Crippen LogP contribution in [0.4, 0.5) is 4.79 Å². The first-order chi connectivity index (χ1) is 7.32. The minimum Gasteiger partial charge on any atom is -0.394 e. The van der Waals surface area contributed by atoms with E-state index in [1.54, 1.807) is 10.6 Å². The highest BCUT2D eigenvalue weighted by atomic mass is 16.4. The first-order valence-electron chi connectivity index (χ1n) is 4.34. The number of nitrogens with one attached hydrogen (secondary N) is 2. The molecule has 4 atom stereocenters. The van der Waals surface area contributed by atoms with Gasteiger partial charge in [0.05, 0.1) is 6.61 Å². The van der Waals surface area contributed by atoms with E-state index in [9.17, 15) is 24.9 Å². The van der Waals surface area contributed by atoms with Gasteiger partial charge in [-0.1, -0.05) is 0 Å². The van der Waals surface area contributed by atoms with E-state index in [-0.39, 0.29) is 0 Å². The third-order valence-electron chi connectivity index (χ3n) is 2.21. The topological polar surface area (TPSA) is 159 Å². The average molecular weight is 236 g/mol. The van der Waals surface area contributed by atoms with E-state index < -0.39 is 42.6 Å². The number of amides is 3. The molecule has 0 bridgehead atoms. The molecule has 0 spiro atoms. The van der Waals surface area contributed by atoms with Crippen LogP contribution in [0.25, 0.3) is 0 Å². The number of imide groups is 1. The van der Waals surface area contributed by atoms with Crippen molar-refractivity contribution < 1.29 is 35.1 Å². The first-order valence-corrected chi connectivity index (χ1v) is 4.34. The molecule has 1 fully saturated rings. The van der Waals surface area contributed by atoms with Gasteiger partial charge in [-0.05, 0) is 0 Å². The van der Waals surface area contributed by atoms with Crippen molar-refractivity contribution in [3.63, 3.8) is 0 Å². The van der Waals surface area contributed by atoms with Crippen LogP contribution in [0, 0.1) is 0 Å². The maximum absolute atomic E-state index is 11.1. The monoisotopic (exact) mass is 236 g/mol. The van der Waals surface area contributed by atoms with Crippen molar-refractivity contribution in [2.45, 2.75) is 24.0 Å². The average Bonchev–Trinajstić information content (AvgIpc) is 2.50. The predicted octanol–water partition coefficient (Wildman–Crippen LogP) is -4.41. The lowest BCUT2D eigenvalue weighted by Crippen LogP contribution is -2.62. The summed E-state index contributed by atoms with van der Waals surface area (Å²) >= 11 is 0. The van der Waals surface area contributed by atoms with Gasteiger partial charge < -0.3 is 25.5 Å². The molecule has 3 amide bonds. The van der Waals surface area contributed by atoms with Crippen LogP contribution in [0.2, 0.25) is 0 Å². The summed E-state index contributed by atoms with van der Waals surface area (Å²) < 4.78 is 0. The molecule has 1 rings (SSSR count). The van der Waals surface area contributed by atoms with Gasteiger partial charge in [-0.25, -0.2) is 4.79 Å². The molecule has 9 nitrogen and oxygen atoms in total. The Morgan fingerprint density at radius 3 is 2.19 bits per heavy atom. The smallest absolute Gasteiger partial charge is 0.324 e. The highest BCUT2D eigenvalue weighted by molar-refractivity contribution is 6.06. The van der Waals surface area contributed by atoms with Gasteiger partial charge >= 0.3 is 6.03 Å². The van der Waals surface area contributed by atoms with Crippen LogP contribution >= 0.6 is 0 Å². The molecule has 0 radical (unpaired) electrons. The number of rotatable bonds is 4. The van der Waals surface area contributed by atoms with E-state index >= 15 is 0 Å². The minimum absolute atomic E-state index is 0.885. The summed E-state index contributed by atoms with van der Waals surface area (Å²) in [6.45, 7) is -0.885. The number of carbonyl (C=O) groups excluding carboxylic acids is 2. The van der Waals surface area contributed by atoms with Crippen LogP contribution in [-0.4, -0.2) is 68.1 Å². The van der Waals surface area contributed by atoms with Crippen molar-refractivity contribution in [3.8, 4) is 0 Å². The lowest BCUT2D eigenvalue weighted by molar-refractivity contribution is -0.175. The van der Waals surface area contributed by atoms with Crippen molar-refractivity contribution in [2.75, 3.05) is 6.61 Å². The van der Waals surface area contributed by atoms with E-state index in [0.29, 0.717) is 0 Å². The highest BCUT2D eigenvalue weighted by Gasteiger charge is 2.54. The lowest BCUT2D eigenvalue weighted by atomic mass is 9.98. The predicted molar refractivity (Wildman–Crippen MR) is 46.7 cm³/mol. The lowest BCUT2D eigenvalue weighted by Gasteiger charge is -2.30. The first kappa shape index (κ1) is 12.8. The number of hydrogen-bond acceptors (Lipinski definition) is 7. The second kappa shape index (κ2) is 4.31. The molecule has 1 aliphatic rings. The van der Waals surface area contributed by atoms with Crippen molar-refractivity contribution in [3.05, 3.63) is 0 Å². The molecule has 0 aromatic rings. The Kier molecular flexibility index (Phi) is 3.45. The molecule has 9 heteroatoms. The Morgan fingerprint density at radius 2 is 1.81 bits per heavy atom. The molecule has 92 valence electrons. The summed E-state index contributed by atoms with van der Waals surface area (Å²) in [6, 6.07) is -1.04. The van der Waals surface area contributed by atoms with Crippen molar-refractivity contribution in [1.29, 1.82) is 0 Å². The van der Waals surface area contributed by atoms with Crippen LogP contribution in [0.15, 0.2) is 0 Å². The molecule has 1 saturated heterocycles. The Bertz CT molecular complexity index is 309. The zero-order valence-corrected chi connectivity index (χ0v) is 7.99. The SMILES string of the molecule is O=C1NC(=O)C(O)([C@H](O)[C@H](O)[C@H](O)CO)N1. The molecular formula is C7H12N2O7. The normalized spacial score (nSPS) is 30.6. The standard InChI is InChI=1S/C7H12N2O7/c10-1-2(11)3(12)4(13)7(16)5(14)8-6(15)9-7/h2-4,10-13,16H,1H2,(H2,8,9,14,15)/t2-,3-,4-,7?/m1/s1. The summed E-state index contributed by atoms with van der Waals surface area (Å²) in [5.41, 5.74) is -2.73. The molecule has 1 heterocycles. The van der Waals surface area contributed by atoms with Gasteiger partial charge in [-0.2, -0.15) is 0 Å². The molecule has 0 saturated carbocycles. The number of aliphatic hydroxyl groups excluding tert-OH is 4. The molecule has 1 aliphatic heterocycles. The fourth-order valence-corrected chi connectivity index (χ4v) is 1.23. The van der Waals surface area contributed by atoms with Gasteiger partial charge in [-0.15, -0.1) is 0 Å². The van der Waals surface area contributed by atoms with Crippen LogP contribution < -0.4 is 10.6 Å². The van der Waals surface area contributed by atoms with Gasteiger partial charge in [0.15, 0.2) is 0 Å². The fourth-order valence-electron chi connectivity index (χ4n) is 1.23. The van der Waals surface area contributed by atoms with Gasteiger partial charge in [0.2, 0.25) is 5.72 Å². The fraction of sp³-hybridized carbons (Fsp3) is 0.714. The Morgan fingerprint density at radius 1 is 1.25 bits per heavy atom. The number of hydrogen-bond donors (Lipinski definition) is 7. The summed E-state index contributed by atoms with van der Waals surface area (Å²) in [5.74, 6) is -1.26. The molecule has 7 N–H and O–H groups in total. The number of urea groups is 1. The summed E-state index contributed by atoms with van der Waals surface area (Å²) in [7, 11) is 0. The Labute approximate surface area is 89.3 Å². The zero-order valence-electron chi connectivity index (χ0n) is 7.99. The second-order valence-electron chi connectivity index (χ2n) is 3.36. The molecule has 0 aromatic heterocycles. The van der Waals surface area contributed by atoms with E-state index in [1.165, 1.54) is 0 Å². The largest absolute Gasteiger partial charge is 0.394 e. The summed E-state index contributed by atoms with van der Waals surface area (Å²) in [4.78, 5) is 21.8. The number of carbonyl (C=O) groups is 2. The van der Waals surface area contributed by atoms with Crippen LogP contribution in [-0.2, 0) is 4.79 Å². The Balaban J connectivity index is 2.83. The third-order valence-corrected chi connectivity index (χ3v) is 2.21. The van der Waals surface area contributed by atoms with Gasteiger partial charge in [0.1, 0.15) is 18.3 Å². The third kappa shape index (κ3) is 1.99. The van der Waals surface area contributed by atoms with Crippen LogP contribution in [0.1, 0.15) is 0 Å². The Hall–Kier alpha value is -1.26. The minimum atomic E-state index is -2.73. The van der Waals surface area contributed by atoms with E-state index in [2.05, 4.69) is 0 Å². The molecule has 0 aromatic carbocycles. The van der Waals surface area contributed by atoms with Gasteiger partial charge in [0, 0.05) is 0 Å². The second-order valence-corrected chi connectivity index (χ2v) is 3.36. The van der Waals surface area contributed by atoms with Crippen LogP contribution in [0.5, 0.6) is 0 Å². The molecular weight excluding hydrogens is 224 g/mol. The maximum atomic E-state index is 11.1. The molecule has 1 unspecified atom stereocenters. The highest BCUT2D eigenvalue weighted by Crippen LogP contribution is 2.17. The molecule has 0 aliphatic carbocycles. The number of aliphatic hydroxyl groups is 5. The summed E-state index contributed by atoms with van der Waals surface area (Å²) in [6.07, 6.45) is -5.94. The van der Waals surface area contributed by atoms with Gasteiger partial charge in [0.25, 0.3) is 5.91 Å². The maximum Gasteiger partial charge on any atom is 0.324 e. The van der Waals surface area contributed by atoms with E-state index in [0.717, 1.165) is 0 Å². The summed E-state index contributed by atoms with van der Waals surface area (Å²) in [5, 5.41) is 49.1. The van der Waals surface area contributed by atoms with Crippen LogP contribution in [0.3, 0.4) is 0 Å². The van der Waals surface area contributed by atoms with Gasteiger partial charge in [-0.3, -0.25) is 15.4 Å². The van der Waals surface area contributed by atoms with E-state index in [1.807, 2.05) is 0 Å². The van der Waals surface area contributed by atoms with Crippen molar-refractivity contribution in [1.82, 2.24) is 10.6 Å². The zero-order chi connectivity index (χ0) is 12.5.